The van der Waals surface area contributed by atoms with E-state index >= 15 is 0 Å². The van der Waals surface area contributed by atoms with Gasteiger partial charge in [0.25, 0.3) is 0 Å². The lowest BCUT2D eigenvalue weighted by Gasteiger charge is -2.44. The first-order valence-electron chi connectivity index (χ1n) is 9.85. The van der Waals surface area contributed by atoms with E-state index in [9.17, 15) is 19.5 Å². The Labute approximate surface area is 171 Å². The summed E-state index contributed by atoms with van der Waals surface area (Å²) in [4.78, 5) is 38.0. The highest BCUT2D eigenvalue weighted by Gasteiger charge is 2.38. The van der Waals surface area contributed by atoms with Crippen molar-refractivity contribution in [2.45, 2.75) is 50.4 Å². The molecule has 2 rings (SSSR count). The molecule has 10 heteroatoms. The molecule has 1 saturated heterocycles. The minimum Gasteiger partial charge on any atom is -0.478 e. The molecule has 4 N–H and O–H groups in total. The van der Waals surface area contributed by atoms with Gasteiger partial charge in [-0.1, -0.05) is 6.08 Å². The maximum absolute atomic E-state index is 11.7. The third-order valence-corrected chi connectivity index (χ3v) is 5.16. The monoisotopic (exact) mass is 412 g/mol. The quantitative estimate of drug-likeness (QED) is 0.489. The minimum absolute atomic E-state index is 0.0698. The molecule has 0 unspecified atom stereocenters. The lowest BCUT2D eigenvalue weighted by atomic mass is 9.85. The van der Waals surface area contributed by atoms with Crippen LogP contribution in [0.1, 0.15) is 26.2 Å². The number of piperidine rings is 1. The topological polar surface area (TPSA) is 134 Å². The van der Waals surface area contributed by atoms with Gasteiger partial charge in [-0.05, 0) is 25.8 Å². The van der Waals surface area contributed by atoms with Gasteiger partial charge in [0.05, 0.1) is 24.8 Å². The SMILES string of the molecule is CC(=O)N[C@H]1[C@H](N2CCC[C@H](OCCOC(=O)N(C)C)C2)C=C(C(=O)O)C[C@@H]1N. The summed E-state index contributed by atoms with van der Waals surface area (Å²) < 4.78 is 10.9. The third kappa shape index (κ3) is 6.69. The van der Waals surface area contributed by atoms with E-state index in [1.807, 2.05) is 0 Å². The number of nitrogens with two attached hydrogens (primary N) is 1. The number of ether oxygens (including phenoxy) is 2. The molecule has 0 aromatic heterocycles. The molecule has 0 saturated carbocycles. The molecule has 0 radical (unpaired) electrons. The second kappa shape index (κ2) is 10.6. The van der Waals surface area contributed by atoms with Crippen LogP contribution in [0.4, 0.5) is 4.79 Å². The van der Waals surface area contributed by atoms with Crippen LogP contribution in [0.2, 0.25) is 0 Å². The number of carboxylic acids is 1. The van der Waals surface area contributed by atoms with Crippen LogP contribution in [-0.2, 0) is 19.1 Å². The molecule has 0 aromatic carbocycles. The van der Waals surface area contributed by atoms with E-state index in [1.165, 1.54) is 11.8 Å². The molecule has 0 bridgehead atoms. The fourth-order valence-corrected chi connectivity index (χ4v) is 3.78. The van der Waals surface area contributed by atoms with Crippen molar-refractivity contribution in [3.05, 3.63) is 11.6 Å². The Bertz CT molecular complexity index is 638. The molecular weight excluding hydrogens is 380 g/mol. The van der Waals surface area contributed by atoms with Gasteiger partial charge in [-0.3, -0.25) is 9.69 Å². The van der Waals surface area contributed by atoms with Gasteiger partial charge in [-0.15, -0.1) is 0 Å². The summed E-state index contributed by atoms with van der Waals surface area (Å²) in [7, 11) is 3.23. The van der Waals surface area contributed by atoms with Crippen LogP contribution in [0.3, 0.4) is 0 Å². The second-order valence-electron chi connectivity index (χ2n) is 7.72. The maximum Gasteiger partial charge on any atom is 0.409 e. The highest BCUT2D eigenvalue weighted by molar-refractivity contribution is 5.87. The van der Waals surface area contributed by atoms with Crippen LogP contribution in [0.25, 0.3) is 0 Å². The number of likely N-dealkylation sites (tertiary alicyclic amines) is 1. The summed E-state index contributed by atoms with van der Waals surface area (Å²) in [6.07, 6.45) is 3.16. The number of carbonyl (C=O) groups is 3. The molecule has 1 heterocycles. The number of nitrogens with one attached hydrogen (secondary N) is 1. The second-order valence-corrected chi connectivity index (χ2v) is 7.72. The van der Waals surface area contributed by atoms with Crippen molar-refractivity contribution in [1.29, 1.82) is 0 Å². The standard InChI is InChI=1S/C19H32N4O6/c1-12(24)21-17-15(20)9-13(18(25)26)10-16(17)23-6-4-5-14(11-23)28-7-8-29-19(27)22(2)3/h10,14-17H,4-9,11,20H2,1-3H3,(H,21,24)(H,25,26)/t14-,15-,16+,17+/m0/s1. The van der Waals surface area contributed by atoms with Crippen molar-refractivity contribution in [2.75, 3.05) is 40.4 Å². The van der Waals surface area contributed by atoms with Gasteiger partial charge in [0.1, 0.15) is 6.61 Å². The molecule has 10 nitrogen and oxygen atoms in total. The van der Waals surface area contributed by atoms with Gasteiger partial charge in [0.15, 0.2) is 0 Å². The van der Waals surface area contributed by atoms with Crippen LogP contribution in [0.15, 0.2) is 11.6 Å². The van der Waals surface area contributed by atoms with Gasteiger partial charge >= 0.3 is 12.1 Å². The van der Waals surface area contributed by atoms with Crippen LogP contribution >= 0.6 is 0 Å². The normalized spacial score (nSPS) is 27.7. The predicted molar refractivity (Wildman–Crippen MR) is 105 cm³/mol. The van der Waals surface area contributed by atoms with Gasteiger partial charge in [0, 0.05) is 39.2 Å². The van der Waals surface area contributed by atoms with Gasteiger partial charge in [-0.25, -0.2) is 9.59 Å². The molecule has 0 spiro atoms. The van der Waals surface area contributed by atoms with E-state index in [0.717, 1.165) is 19.4 Å². The van der Waals surface area contributed by atoms with Crippen LogP contribution in [0, 0.1) is 0 Å². The van der Waals surface area contributed by atoms with E-state index in [-0.39, 0.29) is 49.3 Å². The first kappa shape index (κ1) is 23.1. The summed E-state index contributed by atoms with van der Waals surface area (Å²) in [5.41, 5.74) is 6.48. The molecule has 164 valence electrons. The summed E-state index contributed by atoms with van der Waals surface area (Å²) in [6.45, 7) is 3.22. The zero-order valence-corrected chi connectivity index (χ0v) is 17.3. The Morgan fingerprint density at radius 3 is 2.69 bits per heavy atom. The van der Waals surface area contributed by atoms with Gasteiger partial charge < -0.3 is 30.5 Å². The van der Waals surface area contributed by atoms with Gasteiger partial charge in [0.2, 0.25) is 5.91 Å². The van der Waals surface area contributed by atoms with E-state index in [2.05, 4.69) is 10.2 Å². The van der Waals surface area contributed by atoms with Crippen molar-refractivity contribution in [3.8, 4) is 0 Å². The molecule has 1 aliphatic heterocycles. The van der Waals surface area contributed by atoms with Crippen molar-refractivity contribution in [3.63, 3.8) is 0 Å². The third-order valence-electron chi connectivity index (χ3n) is 5.16. The zero-order valence-electron chi connectivity index (χ0n) is 17.3. The Kier molecular flexibility index (Phi) is 8.42. The number of hydrogen-bond donors (Lipinski definition) is 3. The minimum atomic E-state index is -0.987. The zero-order chi connectivity index (χ0) is 21.6. The first-order chi connectivity index (χ1) is 13.7. The number of nitrogens with zero attached hydrogens (tertiary/aromatic N) is 2. The molecule has 2 aliphatic rings. The number of carbonyl (C=O) groups excluding carboxylic acids is 2. The summed E-state index contributed by atoms with van der Waals surface area (Å²) in [5, 5.41) is 12.3. The molecule has 2 amide bonds. The van der Waals surface area contributed by atoms with Crippen molar-refractivity contribution in [2.24, 2.45) is 5.73 Å². The number of hydrogen-bond acceptors (Lipinski definition) is 7. The molecule has 1 aliphatic carbocycles. The average Bonchev–Trinajstić information content (AvgIpc) is 2.66. The summed E-state index contributed by atoms with van der Waals surface area (Å²) >= 11 is 0. The fourth-order valence-electron chi connectivity index (χ4n) is 3.78. The highest BCUT2D eigenvalue weighted by atomic mass is 16.6. The Morgan fingerprint density at radius 2 is 2.07 bits per heavy atom. The molecule has 0 aromatic rings. The van der Waals surface area contributed by atoms with Crippen molar-refractivity contribution < 1.29 is 29.0 Å². The maximum atomic E-state index is 11.7. The van der Waals surface area contributed by atoms with E-state index in [0.29, 0.717) is 6.54 Å². The van der Waals surface area contributed by atoms with E-state index in [4.69, 9.17) is 15.2 Å². The number of amides is 2. The molecule has 4 atom stereocenters. The van der Waals surface area contributed by atoms with E-state index < -0.39 is 18.1 Å². The van der Waals surface area contributed by atoms with Crippen molar-refractivity contribution >= 4 is 18.0 Å². The van der Waals surface area contributed by atoms with Gasteiger partial charge in [-0.2, -0.15) is 0 Å². The molecular formula is C19H32N4O6. The number of carboxylic acid groups (broad SMARTS) is 1. The molecule has 29 heavy (non-hydrogen) atoms. The van der Waals surface area contributed by atoms with Crippen LogP contribution < -0.4 is 11.1 Å². The molecule has 1 fully saturated rings. The summed E-state index contributed by atoms with van der Waals surface area (Å²) in [6, 6.07) is -1.16. The summed E-state index contributed by atoms with van der Waals surface area (Å²) in [5.74, 6) is -1.19. The highest BCUT2D eigenvalue weighted by Crippen LogP contribution is 2.26. The van der Waals surface area contributed by atoms with Crippen LogP contribution in [-0.4, -0.2) is 97.5 Å². The largest absolute Gasteiger partial charge is 0.478 e. The Hall–Kier alpha value is -2.17. The predicted octanol–water partition coefficient (Wildman–Crippen LogP) is -0.219. The fraction of sp³-hybridized carbons (Fsp3) is 0.737. The first-order valence-corrected chi connectivity index (χ1v) is 9.85. The van der Waals surface area contributed by atoms with Crippen LogP contribution in [0.5, 0.6) is 0 Å². The number of rotatable bonds is 7. The van der Waals surface area contributed by atoms with E-state index in [1.54, 1.807) is 20.2 Å². The van der Waals surface area contributed by atoms with Crippen molar-refractivity contribution in [1.82, 2.24) is 15.1 Å². The number of aliphatic carboxylic acids is 1. The Balaban J connectivity index is 1.99. The smallest absolute Gasteiger partial charge is 0.409 e. The average molecular weight is 412 g/mol. The lowest BCUT2D eigenvalue weighted by molar-refractivity contribution is -0.133. The Morgan fingerprint density at radius 1 is 1.34 bits per heavy atom. The lowest BCUT2D eigenvalue weighted by Crippen LogP contribution is -2.62.